The summed E-state index contributed by atoms with van der Waals surface area (Å²) < 4.78 is 11.4. The van der Waals surface area contributed by atoms with Crippen molar-refractivity contribution < 1.29 is 9.47 Å². The Kier molecular flexibility index (Phi) is 4.43. The summed E-state index contributed by atoms with van der Waals surface area (Å²) >= 11 is 0. The van der Waals surface area contributed by atoms with Crippen molar-refractivity contribution in [3.8, 4) is 11.5 Å². The summed E-state index contributed by atoms with van der Waals surface area (Å²) in [5.74, 6) is 1.79. The van der Waals surface area contributed by atoms with Gasteiger partial charge in [0.05, 0.1) is 13.7 Å². The standard InChI is InChI=1S/C16H24N2O2/c1-19-15-7-2-5-13-12-18(9-4-10-20-16(13)15)14-6-3-8-17-11-14/h2,5,7,14,17H,3-4,6,8-12H2,1H3. The van der Waals surface area contributed by atoms with E-state index in [4.69, 9.17) is 9.47 Å². The van der Waals surface area contributed by atoms with Gasteiger partial charge in [-0.1, -0.05) is 12.1 Å². The summed E-state index contributed by atoms with van der Waals surface area (Å²) in [5.41, 5.74) is 1.25. The van der Waals surface area contributed by atoms with Crippen LogP contribution in [0.3, 0.4) is 0 Å². The van der Waals surface area contributed by atoms with Gasteiger partial charge in [-0.05, 0) is 31.9 Å². The topological polar surface area (TPSA) is 33.7 Å². The molecule has 1 aromatic rings. The molecule has 1 unspecified atom stereocenters. The molecule has 0 spiro atoms. The molecule has 0 radical (unpaired) electrons. The number of hydrogen-bond acceptors (Lipinski definition) is 4. The molecule has 1 fully saturated rings. The normalized spacial score (nSPS) is 24.1. The monoisotopic (exact) mass is 276 g/mol. The smallest absolute Gasteiger partial charge is 0.165 e. The number of hydrogen-bond donors (Lipinski definition) is 1. The highest BCUT2D eigenvalue weighted by Crippen LogP contribution is 2.33. The maximum Gasteiger partial charge on any atom is 0.165 e. The molecular formula is C16H24N2O2. The van der Waals surface area contributed by atoms with Crippen LogP contribution in [0, 0.1) is 0 Å². The number of fused-ring (bicyclic) bond motifs is 1. The summed E-state index contributed by atoms with van der Waals surface area (Å²) in [6.45, 7) is 5.11. The Morgan fingerprint density at radius 3 is 3.10 bits per heavy atom. The van der Waals surface area contributed by atoms with Crippen LogP contribution in [-0.4, -0.2) is 44.3 Å². The van der Waals surface area contributed by atoms with Crippen molar-refractivity contribution >= 4 is 0 Å². The van der Waals surface area contributed by atoms with Crippen LogP contribution >= 0.6 is 0 Å². The van der Waals surface area contributed by atoms with E-state index < -0.39 is 0 Å². The Hall–Kier alpha value is -1.26. The third kappa shape index (κ3) is 2.91. The quantitative estimate of drug-likeness (QED) is 0.896. The fourth-order valence-electron chi connectivity index (χ4n) is 3.21. The Bertz CT molecular complexity index is 444. The maximum atomic E-state index is 5.92. The minimum atomic E-state index is 0.654. The van der Waals surface area contributed by atoms with Crippen molar-refractivity contribution in [1.29, 1.82) is 0 Å². The molecule has 0 saturated carbocycles. The molecule has 1 N–H and O–H groups in total. The Morgan fingerprint density at radius 1 is 1.35 bits per heavy atom. The molecule has 1 aromatic carbocycles. The van der Waals surface area contributed by atoms with Crippen molar-refractivity contribution in [3.63, 3.8) is 0 Å². The van der Waals surface area contributed by atoms with Gasteiger partial charge in [-0.2, -0.15) is 0 Å². The molecule has 110 valence electrons. The van der Waals surface area contributed by atoms with Crippen molar-refractivity contribution in [3.05, 3.63) is 23.8 Å². The SMILES string of the molecule is COc1cccc2c1OCCCN(C1CCCNC1)C2. The fourth-order valence-corrected chi connectivity index (χ4v) is 3.21. The lowest BCUT2D eigenvalue weighted by atomic mass is 10.0. The van der Waals surface area contributed by atoms with Crippen LogP contribution in [0.5, 0.6) is 11.5 Å². The van der Waals surface area contributed by atoms with Crippen molar-refractivity contribution in [2.45, 2.75) is 31.8 Å². The molecule has 1 saturated heterocycles. The van der Waals surface area contributed by atoms with E-state index in [1.807, 2.05) is 6.07 Å². The molecule has 4 heteroatoms. The van der Waals surface area contributed by atoms with E-state index >= 15 is 0 Å². The zero-order valence-electron chi connectivity index (χ0n) is 12.2. The number of piperidine rings is 1. The molecule has 2 aliphatic heterocycles. The van der Waals surface area contributed by atoms with Gasteiger partial charge < -0.3 is 14.8 Å². The first-order valence-corrected chi connectivity index (χ1v) is 7.62. The first kappa shape index (κ1) is 13.7. The van der Waals surface area contributed by atoms with E-state index in [9.17, 15) is 0 Å². The van der Waals surface area contributed by atoms with E-state index in [0.717, 1.165) is 50.7 Å². The number of nitrogens with zero attached hydrogens (tertiary/aromatic N) is 1. The zero-order valence-corrected chi connectivity index (χ0v) is 12.2. The second-order valence-corrected chi connectivity index (χ2v) is 5.62. The van der Waals surface area contributed by atoms with Crippen LogP contribution in [0.15, 0.2) is 18.2 Å². The van der Waals surface area contributed by atoms with Gasteiger partial charge in [-0.15, -0.1) is 0 Å². The molecule has 1 atom stereocenters. The highest BCUT2D eigenvalue weighted by molar-refractivity contribution is 5.46. The highest BCUT2D eigenvalue weighted by Gasteiger charge is 2.24. The predicted octanol–water partition coefficient (Wildman–Crippen LogP) is 2.03. The van der Waals surface area contributed by atoms with E-state index in [-0.39, 0.29) is 0 Å². The van der Waals surface area contributed by atoms with Crippen molar-refractivity contribution in [2.75, 3.05) is 33.4 Å². The average molecular weight is 276 g/mol. The third-order valence-corrected chi connectivity index (χ3v) is 4.28. The summed E-state index contributed by atoms with van der Waals surface area (Å²) in [4.78, 5) is 2.60. The van der Waals surface area contributed by atoms with Crippen LogP contribution in [-0.2, 0) is 6.54 Å². The molecule has 0 aliphatic carbocycles. The van der Waals surface area contributed by atoms with Gasteiger partial charge in [-0.25, -0.2) is 0 Å². The van der Waals surface area contributed by atoms with Crippen LogP contribution < -0.4 is 14.8 Å². The molecule has 0 bridgehead atoms. The number of ether oxygens (including phenoxy) is 2. The molecule has 0 aromatic heterocycles. The van der Waals surface area contributed by atoms with Gasteiger partial charge in [0.1, 0.15) is 0 Å². The Balaban J connectivity index is 1.82. The van der Waals surface area contributed by atoms with Crippen LogP contribution in [0.1, 0.15) is 24.8 Å². The largest absolute Gasteiger partial charge is 0.493 e. The van der Waals surface area contributed by atoms with Gasteiger partial charge in [0.25, 0.3) is 0 Å². The number of methoxy groups -OCH3 is 1. The molecule has 3 rings (SSSR count). The summed E-state index contributed by atoms with van der Waals surface area (Å²) in [7, 11) is 1.71. The number of benzene rings is 1. The predicted molar refractivity (Wildman–Crippen MR) is 79.4 cm³/mol. The van der Waals surface area contributed by atoms with E-state index in [1.165, 1.54) is 18.4 Å². The van der Waals surface area contributed by atoms with Crippen LogP contribution in [0.2, 0.25) is 0 Å². The fraction of sp³-hybridized carbons (Fsp3) is 0.625. The summed E-state index contributed by atoms with van der Waals surface area (Å²) in [5, 5.41) is 3.52. The van der Waals surface area contributed by atoms with E-state index in [2.05, 4.69) is 22.3 Å². The number of rotatable bonds is 2. The van der Waals surface area contributed by atoms with Gasteiger partial charge in [0.15, 0.2) is 11.5 Å². The first-order valence-electron chi connectivity index (χ1n) is 7.62. The lowest BCUT2D eigenvalue weighted by Crippen LogP contribution is -2.46. The number of nitrogens with one attached hydrogen (secondary N) is 1. The summed E-state index contributed by atoms with van der Waals surface area (Å²) in [6.07, 6.45) is 3.66. The zero-order chi connectivity index (χ0) is 13.8. The molecule has 2 aliphatic rings. The third-order valence-electron chi connectivity index (χ3n) is 4.28. The van der Waals surface area contributed by atoms with E-state index in [0.29, 0.717) is 6.04 Å². The van der Waals surface area contributed by atoms with Gasteiger partial charge in [-0.3, -0.25) is 4.90 Å². The summed E-state index contributed by atoms with van der Waals surface area (Å²) in [6, 6.07) is 6.85. The lowest BCUT2D eigenvalue weighted by Gasteiger charge is -2.36. The second-order valence-electron chi connectivity index (χ2n) is 5.62. The average Bonchev–Trinajstić information content (AvgIpc) is 2.48. The first-order chi connectivity index (χ1) is 9.88. The minimum Gasteiger partial charge on any atom is -0.493 e. The second kappa shape index (κ2) is 6.46. The van der Waals surface area contributed by atoms with E-state index in [1.54, 1.807) is 7.11 Å². The molecule has 4 nitrogen and oxygen atoms in total. The molecule has 20 heavy (non-hydrogen) atoms. The number of para-hydroxylation sites is 1. The van der Waals surface area contributed by atoms with Gasteiger partial charge in [0, 0.05) is 31.2 Å². The molecule has 2 heterocycles. The lowest BCUT2D eigenvalue weighted by molar-refractivity contribution is 0.133. The van der Waals surface area contributed by atoms with Gasteiger partial charge in [0.2, 0.25) is 0 Å². The molecule has 0 amide bonds. The van der Waals surface area contributed by atoms with Crippen molar-refractivity contribution in [1.82, 2.24) is 10.2 Å². The molecular weight excluding hydrogens is 252 g/mol. The van der Waals surface area contributed by atoms with Crippen molar-refractivity contribution in [2.24, 2.45) is 0 Å². The maximum absolute atomic E-state index is 5.92. The minimum absolute atomic E-state index is 0.654. The van der Waals surface area contributed by atoms with Gasteiger partial charge >= 0.3 is 0 Å². The van der Waals surface area contributed by atoms with Crippen LogP contribution in [0.4, 0.5) is 0 Å². The Morgan fingerprint density at radius 2 is 2.30 bits per heavy atom. The van der Waals surface area contributed by atoms with Crippen LogP contribution in [0.25, 0.3) is 0 Å². The Labute approximate surface area is 121 Å². The highest BCUT2D eigenvalue weighted by atomic mass is 16.5.